The molecule has 124 valence electrons. The van der Waals surface area contributed by atoms with Crippen molar-refractivity contribution in [1.82, 2.24) is 9.55 Å². The first-order valence-electron chi connectivity index (χ1n) is 8.46. The highest BCUT2D eigenvalue weighted by molar-refractivity contribution is 5.51. The minimum Gasteiger partial charge on any atom is -0.319 e. The molecule has 0 atom stereocenters. The van der Waals surface area contributed by atoms with Crippen LogP contribution in [0.3, 0.4) is 0 Å². The van der Waals surface area contributed by atoms with Crippen LogP contribution in [0.15, 0.2) is 104 Å². The van der Waals surface area contributed by atoms with Crippen LogP contribution in [0.4, 0.5) is 0 Å². The predicted molar refractivity (Wildman–Crippen MR) is 102 cm³/mol. The van der Waals surface area contributed by atoms with Crippen LogP contribution in [0.2, 0.25) is 0 Å². The number of imidazole rings is 1. The molecule has 0 bridgehead atoms. The van der Waals surface area contributed by atoms with Crippen molar-refractivity contribution in [3.63, 3.8) is 0 Å². The van der Waals surface area contributed by atoms with Gasteiger partial charge in [-0.15, -0.1) is 0 Å². The molecule has 0 aliphatic carbocycles. The van der Waals surface area contributed by atoms with Crippen molar-refractivity contribution in [2.24, 2.45) is 0 Å². The molecule has 0 spiro atoms. The summed E-state index contributed by atoms with van der Waals surface area (Å²) in [7, 11) is 0. The lowest BCUT2D eigenvalue weighted by atomic mass is 9.76. The molecule has 0 unspecified atom stereocenters. The first-order valence-corrected chi connectivity index (χ1v) is 8.46. The average Bonchev–Trinajstić information content (AvgIpc) is 3.26. The van der Waals surface area contributed by atoms with Gasteiger partial charge < -0.3 is 4.57 Å². The number of aromatic nitrogens is 2. The molecule has 0 radical (unpaired) electrons. The van der Waals surface area contributed by atoms with Crippen molar-refractivity contribution < 1.29 is 0 Å². The number of nitriles is 1. The Bertz CT molecular complexity index is 973. The third-order valence-electron chi connectivity index (χ3n) is 4.71. The largest absolute Gasteiger partial charge is 0.319 e. The second-order valence-electron chi connectivity index (χ2n) is 6.10. The highest BCUT2D eigenvalue weighted by Gasteiger charge is 2.37. The maximum absolute atomic E-state index is 9.18. The zero-order chi connectivity index (χ0) is 17.8. The Morgan fingerprint density at radius 3 is 1.73 bits per heavy atom. The summed E-state index contributed by atoms with van der Waals surface area (Å²) >= 11 is 0. The van der Waals surface area contributed by atoms with E-state index >= 15 is 0 Å². The number of benzene rings is 3. The Hall–Kier alpha value is -3.64. The Labute approximate surface area is 152 Å². The van der Waals surface area contributed by atoms with E-state index in [9.17, 15) is 5.26 Å². The van der Waals surface area contributed by atoms with Crippen LogP contribution in [0, 0.1) is 11.3 Å². The molecule has 0 saturated carbocycles. The van der Waals surface area contributed by atoms with Gasteiger partial charge in [0.1, 0.15) is 5.54 Å². The molecule has 26 heavy (non-hydrogen) atoms. The van der Waals surface area contributed by atoms with Crippen LogP contribution >= 0.6 is 0 Å². The fourth-order valence-electron chi connectivity index (χ4n) is 3.55. The Morgan fingerprint density at radius 1 is 0.731 bits per heavy atom. The monoisotopic (exact) mass is 335 g/mol. The van der Waals surface area contributed by atoms with Gasteiger partial charge in [-0.1, -0.05) is 72.8 Å². The lowest BCUT2D eigenvalue weighted by Crippen LogP contribution is -2.36. The fourth-order valence-corrected chi connectivity index (χ4v) is 3.55. The normalized spacial score (nSPS) is 11.0. The predicted octanol–water partition coefficient (Wildman–Crippen LogP) is 4.59. The van der Waals surface area contributed by atoms with Crippen molar-refractivity contribution >= 4 is 0 Å². The zero-order valence-corrected chi connectivity index (χ0v) is 14.2. The third kappa shape index (κ3) is 2.49. The van der Waals surface area contributed by atoms with Crippen molar-refractivity contribution in [3.8, 4) is 6.07 Å². The fraction of sp³-hybridized carbons (Fsp3) is 0.0435. The molecule has 0 N–H and O–H groups in total. The highest BCUT2D eigenvalue weighted by Crippen LogP contribution is 2.40. The van der Waals surface area contributed by atoms with Gasteiger partial charge in [0, 0.05) is 12.4 Å². The van der Waals surface area contributed by atoms with Crippen molar-refractivity contribution in [2.45, 2.75) is 5.54 Å². The van der Waals surface area contributed by atoms with E-state index in [1.165, 1.54) is 0 Å². The molecule has 3 aromatic carbocycles. The van der Waals surface area contributed by atoms with Gasteiger partial charge in [0.15, 0.2) is 0 Å². The molecule has 0 amide bonds. The minimum atomic E-state index is -0.562. The van der Waals surface area contributed by atoms with Gasteiger partial charge in [-0.2, -0.15) is 5.26 Å². The SMILES string of the molecule is N#Cc1ccc(C(c2ccccc2)(c2ccccc2)n2ccnc2)cc1. The van der Waals surface area contributed by atoms with E-state index in [1.54, 1.807) is 6.20 Å². The molecule has 0 fully saturated rings. The number of hydrogen-bond donors (Lipinski definition) is 0. The van der Waals surface area contributed by atoms with Gasteiger partial charge in [0.2, 0.25) is 0 Å². The van der Waals surface area contributed by atoms with Crippen LogP contribution < -0.4 is 0 Å². The van der Waals surface area contributed by atoms with E-state index in [0.29, 0.717) is 5.56 Å². The molecule has 0 saturated heterocycles. The first-order chi connectivity index (χ1) is 12.9. The molecule has 0 aliphatic heterocycles. The zero-order valence-electron chi connectivity index (χ0n) is 14.2. The van der Waals surface area contributed by atoms with Gasteiger partial charge in [0.05, 0.1) is 18.0 Å². The maximum Gasteiger partial charge on any atom is 0.121 e. The Kier molecular flexibility index (Phi) is 4.09. The quantitative estimate of drug-likeness (QED) is 0.512. The summed E-state index contributed by atoms with van der Waals surface area (Å²) in [6.07, 6.45) is 5.63. The van der Waals surface area contributed by atoms with E-state index < -0.39 is 5.54 Å². The van der Waals surface area contributed by atoms with Crippen LogP contribution in [-0.2, 0) is 5.54 Å². The Morgan fingerprint density at radius 2 is 1.27 bits per heavy atom. The Balaban J connectivity index is 2.09. The van der Waals surface area contributed by atoms with Gasteiger partial charge in [-0.25, -0.2) is 4.98 Å². The van der Waals surface area contributed by atoms with E-state index in [1.807, 2.05) is 73.2 Å². The second kappa shape index (κ2) is 6.70. The molecular formula is C23H17N3. The van der Waals surface area contributed by atoms with E-state index in [4.69, 9.17) is 0 Å². The van der Waals surface area contributed by atoms with E-state index in [2.05, 4.69) is 39.9 Å². The molecular weight excluding hydrogens is 318 g/mol. The molecule has 1 aromatic heterocycles. The molecule has 3 nitrogen and oxygen atoms in total. The summed E-state index contributed by atoms with van der Waals surface area (Å²) in [5, 5.41) is 9.18. The van der Waals surface area contributed by atoms with Gasteiger partial charge >= 0.3 is 0 Å². The van der Waals surface area contributed by atoms with Crippen LogP contribution in [0.5, 0.6) is 0 Å². The van der Waals surface area contributed by atoms with E-state index in [0.717, 1.165) is 16.7 Å². The van der Waals surface area contributed by atoms with Crippen LogP contribution in [-0.4, -0.2) is 9.55 Å². The smallest absolute Gasteiger partial charge is 0.121 e. The summed E-state index contributed by atoms with van der Waals surface area (Å²) in [4.78, 5) is 4.31. The lowest BCUT2D eigenvalue weighted by Gasteiger charge is -2.37. The minimum absolute atomic E-state index is 0.562. The third-order valence-corrected chi connectivity index (χ3v) is 4.71. The average molecular weight is 335 g/mol. The molecule has 4 aromatic rings. The summed E-state index contributed by atoms with van der Waals surface area (Å²) in [6, 6.07) is 30.7. The number of hydrogen-bond acceptors (Lipinski definition) is 2. The lowest BCUT2D eigenvalue weighted by molar-refractivity contribution is 0.514. The van der Waals surface area contributed by atoms with Crippen molar-refractivity contribution in [1.29, 1.82) is 5.26 Å². The number of nitrogens with zero attached hydrogens (tertiary/aromatic N) is 3. The summed E-state index contributed by atoms with van der Waals surface area (Å²) in [5.41, 5.74) is 3.43. The van der Waals surface area contributed by atoms with Crippen molar-refractivity contribution in [3.05, 3.63) is 126 Å². The maximum atomic E-state index is 9.18. The highest BCUT2D eigenvalue weighted by atomic mass is 15.1. The summed E-state index contributed by atoms with van der Waals surface area (Å²) in [6.45, 7) is 0. The second-order valence-corrected chi connectivity index (χ2v) is 6.10. The molecule has 3 heteroatoms. The van der Waals surface area contributed by atoms with Crippen LogP contribution in [0.1, 0.15) is 22.3 Å². The van der Waals surface area contributed by atoms with Crippen molar-refractivity contribution in [2.75, 3.05) is 0 Å². The van der Waals surface area contributed by atoms with Gasteiger partial charge in [-0.05, 0) is 28.8 Å². The standard InChI is InChI=1S/C23H17N3/c24-17-19-11-13-22(14-12-19)23(26-16-15-25-18-26,20-7-3-1-4-8-20)21-9-5-2-6-10-21/h1-16,18H. The molecule has 4 rings (SSSR count). The summed E-state index contributed by atoms with van der Waals surface area (Å²) in [5.74, 6) is 0. The van der Waals surface area contributed by atoms with E-state index in [-0.39, 0.29) is 0 Å². The van der Waals surface area contributed by atoms with Gasteiger partial charge in [0.25, 0.3) is 0 Å². The number of rotatable bonds is 4. The molecule has 0 aliphatic rings. The topological polar surface area (TPSA) is 41.6 Å². The summed E-state index contributed by atoms with van der Waals surface area (Å²) < 4.78 is 2.12. The molecule has 1 heterocycles. The van der Waals surface area contributed by atoms with Gasteiger partial charge in [-0.3, -0.25) is 0 Å². The first kappa shape index (κ1) is 15.9. The van der Waals surface area contributed by atoms with Crippen LogP contribution in [0.25, 0.3) is 0 Å².